The van der Waals surface area contributed by atoms with Crippen LogP contribution in [0, 0.1) is 12.3 Å². The molecule has 134 valence electrons. The van der Waals surface area contributed by atoms with Gasteiger partial charge in [0.25, 0.3) is 5.91 Å². The van der Waals surface area contributed by atoms with Crippen molar-refractivity contribution in [3.8, 4) is 12.3 Å². The SMILES string of the molecule is C#CC1(NCc2cccc3c2CN(C2CCC(=O)NC2=O)C3=O)CNC1. The van der Waals surface area contributed by atoms with Crippen LogP contribution in [-0.4, -0.2) is 47.3 Å². The lowest BCUT2D eigenvalue weighted by Gasteiger charge is -2.39. The molecule has 1 aromatic rings. The minimum Gasteiger partial charge on any atom is -0.322 e. The molecule has 3 aliphatic rings. The van der Waals surface area contributed by atoms with Crippen molar-refractivity contribution in [3.05, 3.63) is 34.9 Å². The number of benzene rings is 1. The maximum atomic E-state index is 12.8. The summed E-state index contributed by atoms with van der Waals surface area (Å²) in [5.74, 6) is 1.96. The molecule has 3 heterocycles. The Kier molecular flexibility index (Phi) is 4.02. The van der Waals surface area contributed by atoms with Crippen molar-refractivity contribution in [2.75, 3.05) is 13.1 Å². The van der Waals surface area contributed by atoms with E-state index in [0.717, 1.165) is 24.2 Å². The second-order valence-corrected chi connectivity index (χ2v) is 7.03. The van der Waals surface area contributed by atoms with Crippen LogP contribution >= 0.6 is 0 Å². The van der Waals surface area contributed by atoms with Gasteiger partial charge in [-0.25, -0.2) is 0 Å². The van der Waals surface area contributed by atoms with Gasteiger partial charge in [-0.1, -0.05) is 18.1 Å². The number of amides is 3. The average Bonchev–Trinajstić information content (AvgIpc) is 2.92. The number of hydrogen-bond donors (Lipinski definition) is 3. The number of rotatable bonds is 4. The van der Waals surface area contributed by atoms with Crippen LogP contribution in [0.15, 0.2) is 18.2 Å². The van der Waals surface area contributed by atoms with Gasteiger partial charge in [-0.05, 0) is 23.6 Å². The normalized spacial score (nSPS) is 23.9. The fraction of sp³-hybridized carbons (Fsp3) is 0.421. The Morgan fingerprint density at radius 1 is 1.31 bits per heavy atom. The molecule has 0 aliphatic carbocycles. The van der Waals surface area contributed by atoms with Crippen LogP contribution in [0.25, 0.3) is 0 Å². The molecule has 2 fully saturated rings. The molecular weight excluding hydrogens is 332 g/mol. The Hall–Kier alpha value is -2.69. The van der Waals surface area contributed by atoms with Crippen LogP contribution in [0.4, 0.5) is 0 Å². The second kappa shape index (κ2) is 6.24. The number of imide groups is 1. The van der Waals surface area contributed by atoms with Crippen molar-refractivity contribution in [3.63, 3.8) is 0 Å². The van der Waals surface area contributed by atoms with E-state index in [-0.39, 0.29) is 23.8 Å². The van der Waals surface area contributed by atoms with Crippen LogP contribution in [0.5, 0.6) is 0 Å². The van der Waals surface area contributed by atoms with E-state index in [1.165, 1.54) is 0 Å². The van der Waals surface area contributed by atoms with Gasteiger partial charge in [0, 0.05) is 38.2 Å². The van der Waals surface area contributed by atoms with Crippen molar-refractivity contribution < 1.29 is 14.4 Å². The van der Waals surface area contributed by atoms with Gasteiger partial charge >= 0.3 is 0 Å². The molecule has 7 nitrogen and oxygen atoms in total. The van der Waals surface area contributed by atoms with E-state index < -0.39 is 11.9 Å². The van der Waals surface area contributed by atoms with Gasteiger partial charge in [-0.3, -0.25) is 25.0 Å². The first-order valence-corrected chi connectivity index (χ1v) is 8.72. The summed E-state index contributed by atoms with van der Waals surface area (Å²) in [5, 5.41) is 8.89. The Morgan fingerprint density at radius 3 is 2.77 bits per heavy atom. The zero-order chi connectivity index (χ0) is 18.3. The number of carbonyl (C=O) groups excluding carboxylic acids is 3. The topological polar surface area (TPSA) is 90.5 Å². The monoisotopic (exact) mass is 352 g/mol. The quantitative estimate of drug-likeness (QED) is 0.503. The van der Waals surface area contributed by atoms with Gasteiger partial charge in [-0.15, -0.1) is 6.42 Å². The molecule has 0 bridgehead atoms. The number of nitrogens with one attached hydrogen (secondary N) is 3. The summed E-state index contributed by atoms with van der Waals surface area (Å²) in [4.78, 5) is 37.9. The van der Waals surface area contributed by atoms with Crippen molar-refractivity contribution >= 4 is 17.7 Å². The molecule has 3 amide bonds. The van der Waals surface area contributed by atoms with Crippen LogP contribution in [0.2, 0.25) is 0 Å². The van der Waals surface area contributed by atoms with E-state index in [1.54, 1.807) is 11.0 Å². The number of piperidine rings is 1. The molecule has 2 saturated heterocycles. The lowest BCUT2D eigenvalue weighted by atomic mass is 9.92. The summed E-state index contributed by atoms with van der Waals surface area (Å²) in [6.07, 6.45) is 6.24. The van der Waals surface area contributed by atoms with Crippen molar-refractivity contribution in [2.24, 2.45) is 0 Å². The predicted octanol–water partition coefficient (Wildman–Crippen LogP) is -0.488. The molecule has 0 spiro atoms. The first kappa shape index (κ1) is 16.8. The van der Waals surface area contributed by atoms with Crippen LogP contribution in [0.3, 0.4) is 0 Å². The molecule has 1 unspecified atom stereocenters. The minimum atomic E-state index is -0.596. The number of terminal acetylenes is 1. The minimum absolute atomic E-state index is 0.159. The maximum absolute atomic E-state index is 12.8. The summed E-state index contributed by atoms with van der Waals surface area (Å²) in [5.41, 5.74) is 2.21. The third kappa shape index (κ3) is 2.68. The molecule has 4 rings (SSSR count). The number of nitrogens with zero attached hydrogens (tertiary/aromatic N) is 1. The summed E-state index contributed by atoms with van der Waals surface area (Å²) >= 11 is 0. The molecule has 0 saturated carbocycles. The fourth-order valence-corrected chi connectivity index (χ4v) is 3.73. The van der Waals surface area contributed by atoms with E-state index in [9.17, 15) is 14.4 Å². The summed E-state index contributed by atoms with van der Waals surface area (Å²) < 4.78 is 0. The van der Waals surface area contributed by atoms with Gasteiger partial charge in [0.2, 0.25) is 11.8 Å². The van der Waals surface area contributed by atoms with Crippen molar-refractivity contribution in [1.82, 2.24) is 20.9 Å². The Balaban J connectivity index is 1.54. The van der Waals surface area contributed by atoms with E-state index in [1.807, 2.05) is 12.1 Å². The van der Waals surface area contributed by atoms with E-state index >= 15 is 0 Å². The predicted molar refractivity (Wildman–Crippen MR) is 93.8 cm³/mol. The molecular formula is C19H20N4O3. The van der Waals surface area contributed by atoms with Gasteiger partial charge in [0.15, 0.2) is 0 Å². The second-order valence-electron chi connectivity index (χ2n) is 7.03. The van der Waals surface area contributed by atoms with Gasteiger partial charge in [0.05, 0.1) is 0 Å². The fourth-order valence-electron chi connectivity index (χ4n) is 3.73. The Bertz CT molecular complexity index is 838. The Labute approximate surface area is 151 Å². The molecule has 7 heteroatoms. The lowest BCUT2D eigenvalue weighted by Crippen LogP contribution is -2.66. The zero-order valence-corrected chi connectivity index (χ0v) is 14.3. The zero-order valence-electron chi connectivity index (χ0n) is 14.3. The van der Waals surface area contributed by atoms with Crippen LogP contribution in [0.1, 0.15) is 34.3 Å². The first-order valence-electron chi connectivity index (χ1n) is 8.72. The number of fused-ring (bicyclic) bond motifs is 1. The number of carbonyl (C=O) groups is 3. The highest BCUT2D eigenvalue weighted by Crippen LogP contribution is 2.30. The lowest BCUT2D eigenvalue weighted by molar-refractivity contribution is -0.136. The maximum Gasteiger partial charge on any atom is 0.255 e. The average molecular weight is 352 g/mol. The Morgan fingerprint density at radius 2 is 2.12 bits per heavy atom. The molecule has 1 atom stereocenters. The summed E-state index contributed by atoms with van der Waals surface area (Å²) in [6, 6.07) is 5.02. The molecule has 3 N–H and O–H groups in total. The molecule has 0 aromatic heterocycles. The first-order chi connectivity index (χ1) is 12.5. The third-order valence-corrected chi connectivity index (χ3v) is 5.43. The van der Waals surface area contributed by atoms with E-state index in [0.29, 0.717) is 25.1 Å². The largest absolute Gasteiger partial charge is 0.322 e. The summed E-state index contributed by atoms with van der Waals surface area (Å²) in [7, 11) is 0. The van der Waals surface area contributed by atoms with Crippen LogP contribution in [-0.2, 0) is 22.7 Å². The van der Waals surface area contributed by atoms with Crippen molar-refractivity contribution in [2.45, 2.75) is 37.5 Å². The van der Waals surface area contributed by atoms with Crippen molar-refractivity contribution in [1.29, 1.82) is 0 Å². The van der Waals surface area contributed by atoms with E-state index in [4.69, 9.17) is 6.42 Å². The summed E-state index contributed by atoms with van der Waals surface area (Å²) in [6.45, 7) is 2.38. The highest BCUT2D eigenvalue weighted by molar-refractivity contribution is 6.05. The smallest absolute Gasteiger partial charge is 0.255 e. The standard InChI is InChI=1S/C19H20N4O3/c1-2-19(10-20-11-19)21-8-12-4-3-5-13-14(12)9-23(18(13)26)15-6-7-16(24)22-17(15)25/h1,3-5,15,20-21H,6-11H2,(H,22,24,25). The van der Waals surface area contributed by atoms with Crippen LogP contribution < -0.4 is 16.0 Å². The molecule has 3 aliphatic heterocycles. The van der Waals surface area contributed by atoms with Gasteiger partial charge in [0.1, 0.15) is 11.6 Å². The highest BCUT2D eigenvalue weighted by atomic mass is 16.2. The number of hydrogen-bond acceptors (Lipinski definition) is 5. The van der Waals surface area contributed by atoms with Gasteiger partial charge in [-0.2, -0.15) is 0 Å². The third-order valence-electron chi connectivity index (χ3n) is 5.43. The highest BCUT2D eigenvalue weighted by Gasteiger charge is 2.40. The van der Waals surface area contributed by atoms with E-state index in [2.05, 4.69) is 21.9 Å². The van der Waals surface area contributed by atoms with Gasteiger partial charge < -0.3 is 10.2 Å². The molecule has 0 radical (unpaired) electrons. The molecule has 26 heavy (non-hydrogen) atoms. The molecule has 1 aromatic carbocycles.